The molecule has 0 fully saturated rings. The van der Waals surface area contributed by atoms with Crippen molar-refractivity contribution in [2.75, 3.05) is 19.8 Å². The molecule has 0 spiro atoms. The smallest absolute Gasteiger partial charge is 0.186 e. The van der Waals surface area contributed by atoms with E-state index in [1.807, 2.05) is 31.2 Å². The fourth-order valence-electron chi connectivity index (χ4n) is 2.23. The minimum Gasteiger partial charge on any atom is -0.490 e. The second-order valence-electron chi connectivity index (χ2n) is 5.85. The third-order valence-electron chi connectivity index (χ3n) is 3.77. The summed E-state index contributed by atoms with van der Waals surface area (Å²) >= 11 is 11.1. The van der Waals surface area contributed by atoms with Gasteiger partial charge in [-0.25, -0.2) is 0 Å². The van der Waals surface area contributed by atoms with E-state index in [2.05, 4.69) is 29.7 Å². The van der Waals surface area contributed by atoms with Gasteiger partial charge in [0.25, 0.3) is 0 Å². The molecule has 0 bridgehead atoms. The second-order valence-corrected chi connectivity index (χ2v) is 6.70. The number of hydrogen-bond acceptors (Lipinski definition) is 4. The van der Waals surface area contributed by atoms with E-state index in [-0.39, 0.29) is 0 Å². The number of thiocarbonyl (C=S) groups is 1. The summed E-state index contributed by atoms with van der Waals surface area (Å²) in [5.74, 6) is 1.50. The van der Waals surface area contributed by atoms with E-state index in [0.29, 0.717) is 29.1 Å². The molecule has 2 rings (SSSR count). The summed E-state index contributed by atoms with van der Waals surface area (Å²) in [5, 5.41) is 8.12. The highest BCUT2D eigenvalue weighted by Crippen LogP contribution is 2.22. The normalized spacial score (nSPS) is 10.7. The summed E-state index contributed by atoms with van der Waals surface area (Å²) in [6, 6.07) is 11.4. The molecule has 0 atom stereocenters. The van der Waals surface area contributed by atoms with Crippen LogP contribution in [0, 0.1) is 13.8 Å². The molecule has 0 amide bonds. The van der Waals surface area contributed by atoms with E-state index < -0.39 is 0 Å². The number of hydrazone groups is 1. The zero-order valence-electron chi connectivity index (χ0n) is 15.7. The molecular formula is C20H24ClN3O2S. The zero-order chi connectivity index (χ0) is 19.6. The molecule has 7 heteroatoms. The number of hydrogen-bond donors (Lipinski definition) is 2. The fraction of sp³-hybridized carbons (Fsp3) is 0.300. The molecule has 2 aromatic carbocycles. The van der Waals surface area contributed by atoms with Crippen molar-refractivity contribution in [3.8, 4) is 11.5 Å². The summed E-state index contributed by atoms with van der Waals surface area (Å²) in [4.78, 5) is 0. The van der Waals surface area contributed by atoms with E-state index in [9.17, 15) is 0 Å². The molecule has 0 saturated carbocycles. The molecule has 5 nitrogen and oxygen atoms in total. The monoisotopic (exact) mass is 405 g/mol. The Hall–Kier alpha value is -2.31. The summed E-state index contributed by atoms with van der Waals surface area (Å²) in [7, 11) is 0. The topological polar surface area (TPSA) is 54.9 Å². The van der Waals surface area contributed by atoms with Crippen molar-refractivity contribution >= 4 is 35.1 Å². The summed E-state index contributed by atoms with van der Waals surface area (Å²) in [6.07, 6.45) is 1.62. The van der Waals surface area contributed by atoms with Gasteiger partial charge >= 0.3 is 0 Å². The van der Waals surface area contributed by atoms with E-state index in [4.69, 9.17) is 33.3 Å². The molecule has 0 aliphatic heterocycles. The Morgan fingerprint density at radius 3 is 2.63 bits per heavy atom. The average Bonchev–Trinajstić information content (AvgIpc) is 2.63. The lowest BCUT2D eigenvalue weighted by molar-refractivity contribution is 0.217. The number of nitrogens with one attached hydrogen (secondary N) is 2. The largest absolute Gasteiger partial charge is 0.490 e. The molecule has 2 aromatic rings. The SMILES string of the molecule is CCNC(=S)NN=Cc1cc(Cl)ccc1OCCOc1ccc(C)c(C)c1. The van der Waals surface area contributed by atoms with E-state index in [1.54, 1.807) is 18.3 Å². The highest BCUT2D eigenvalue weighted by molar-refractivity contribution is 7.80. The van der Waals surface area contributed by atoms with Gasteiger partial charge in [-0.3, -0.25) is 5.43 Å². The Kier molecular flexibility index (Phi) is 8.36. The van der Waals surface area contributed by atoms with Crippen LogP contribution in [-0.4, -0.2) is 31.1 Å². The van der Waals surface area contributed by atoms with Crippen LogP contribution in [0.5, 0.6) is 11.5 Å². The summed E-state index contributed by atoms with van der Waals surface area (Å²) < 4.78 is 11.6. The highest BCUT2D eigenvalue weighted by Gasteiger charge is 2.04. The van der Waals surface area contributed by atoms with Crippen LogP contribution >= 0.6 is 23.8 Å². The minimum absolute atomic E-state index is 0.401. The van der Waals surface area contributed by atoms with Gasteiger partial charge in [0, 0.05) is 17.1 Å². The fourth-order valence-corrected chi connectivity index (χ4v) is 2.60. The number of halogens is 1. The quantitative estimate of drug-likeness (QED) is 0.298. The lowest BCUT2D eigenvalue weighted by Crippen LogP contribution is -2.31. The van der Waals surface area contributed by atoms with Crippen molar-refractivity contribution < 1.29 is 9.47 Å². The Morgan fingerprint density at radius 2 is 1.89 bits per heavy atom. The Balaban J connectivity index is 1.90. The molecule has 0 aliphatic rings. The van der Waals surface area contributed by atoms with Crippen molar-refractivity contribution in [3.63, 3.8) is 0 Å². The third kappa shape index (κ3) is 7.07. The van der Waals surface area contributed by atoms with Crippen LogP contribution in [0.25, 0.3) is 0 Å². The van der Waals surface area contributed by atoms with Gasteiger partial charge in [-0.15, -0.1) is 0 Å². The molecule has 0 aromatic heterocycles. The number of aryl methyl sites for hydroxylation is 2. The molecule has 2 N–H and O–H groups in total. The summed E-state index contributed by atoms with van der Waals surface area (Å²) in [5.41, 5.74) is 5.94. The standard InChI is InChI=1S/C20H24ClN3O2S/c1-4-22-20(27)24-23-13-16-12-17(21)6-8-19(16)26-10-9-25-18-7-5-14(2)15(3)11-18/h5-8,11-13H,4,9-10H2,1-3H3,(H2,22,24,27). The molecule has 144 valence electrons. The van der Waals surface area contributed by atoms with Crippen molar-refractivity contribution in [1.29, 1.82) is 0 Å². The lowest BCUT2D eigenvalue weighted by Gasteiger charge is -2.11. The van der Waals surface area contributed by atoms with Gasteiger partial charge in [-0.1, -0.05) is 17.7 Å². The molecule has 0 aliphatic carbocycles. The summed E-state index contributed by atoms with van der Waals surface area (Å²) in [6.45, 7) is 7.66. The molecule has 0 heterocycles. The van der Waals surface area contributed by atoms with Gasteiger partial charge in [0.2, 0.25) is 0 Å². The molecular weight excluding hydrogens is 382 g/mol. The first-order chi connectivity index (χ1) is 13.0. The van der Waals surface area contributed by atoms with Crippen molar-refractivity contribution in [1.82, 2.24) is 10.7 Å². The van der Waals surface area contributed by atoms with Gasteiger partial charge in [0.1, 0.15) is 24.7 Å². The highest BCUT2D eigenvalue weighted by atomic mass is 35.5. The first kappa shape index (κ1) is 21.0. The van der Waals surface area contributed by atoms with Crippen LogP contribution in [0.4, 0.5) is 0 Å². The predicted octanol–water partition coefficient (Wildman–Crippen LogP) is 4.23. The van der Waals surface area contributed by atoms with Gasteiger partial charge in [-0.2, -0.15) is 5.10 Å². The lowest BCUT2D eigenvalue weighted by atomic mass is 10.1. The maximum Gasteiger partial charge on any atom is 0.186 e. The number of ether oxygens (including phenoxy) is 2. The van der Waals surface area contributed by atoms with Crippen LogP contribution in [0.2, 0.25) is 5.02 Å². The van der Waals surface area contributed by atoms with Crippen LogP contribution in [-0.2, 0) is 0 Å². The minimum atomic E-state index is 0.401. The average molecular weight is 406 g/mol. The van der Waals surface area contributed by atoms with Gasteiger partial charge in [0.15, 0.2) is 5.11 Å². The van der Waals surface area contributed by atoms with Crippen LogP contribution in [0.1, 0.15) is 23.6 Å². The Morgan fingerprint density at radius 1 is 1.11 bits per heavy atom. The Labute approximate surface area is 170 Å². The van der Waals surface area contributed by atoms with Crippen molar-refractivity contribution in [2.24, 2.45) is 5.10 Å². The van der Waals surface area contributed by atoms with Gasteiger partial charge in [0.05, 0.1) is 6.21 Å². The predicted molar refractivity (Wildman–Crippen MR) is 115 cm³/mol. The van der Waals surface area contributed by atoms with Gasteiger partial charge < -0.3 is 14.8 Å². The molecule has 0 radical (unpaired) electrons. The van der Waals surface area contributed by atoms with E-state index in [0.717, 1.165) is 17.9 Å². The number of rotatable bonds is 8. The Bertz CT molecular complexity index is 812. The number of nitrogens with zero attached hydrogens (tertiary/aromatic N) is 1. The van der Waals surface area contributed by atoms with E-state index in [1.165, 1.54) is 11.1 Å². The maximum absolute atomic E-state index is 6.08. The first-order valence-corrected chi connectivity index (χ1v) is 9.47. The molecule has 27 heavy (non-hydrogen) atoms. The van der Waals surface area contributed by atoms with Crippen LogP contribution < -0.4 is 20.2 Å². The first-order valence-electron chi connectivity index (χ1n) is 8.69. The van der Waals surface area contributed by atoms with Crippen LogP contribution in [0.15, 0.2) is 41.5 Å². The molecule has 0 saturated heterocycles. The van der Waals surface area contributed by atoms with Crippen molar-refractivity contribution in [3.05, 3.63) is 58.1 Å². The number of benzene rings is 2. The second kappa shape index (κ2) is 10.7. The van der Waals surface area contributed by atoms with Gasteiger partial charge in [-0.05, 0) is 74.4 Å². The maximum atomic E-state index is 6.08. The van der Waals surface area contributed by atoms with Crippen molar-refractivity contribution in [2.45, 2.75) is 20.8 Å². The van der Waals surface area contributed by atoms with E-state index >= 15 is 0 Å². The van der Waals surface area contributed by atoms with Crippen LogP contribution in [0.3, 0.4) is 0 Å². The molecule has 0 unspecified atom stereocenters. The zero-order valence-corrected chi connectivity index (χ0v) is 17.3. The third-order valence-corrected chi connectivity index (χ3v) is 4.24.